The number of rotatable bonds is 7. The molecule has 0 aliphatic heterocycles. The summed E-state index contributed by atoms with van der Waals surface area (Å²) in [6, 6.07) is 11.1. The molecule has 1 amide bonds. The van der Waals surface area contributed by atoms with Crippen LogP contribution in [-0.4, -0.2) is 23.6 Å². The largest absolute Gasteiger partial charge is 0.450 e. The molecule has 1 heterocycles. The molecule has 1 N–H and O–H groups in total. The maximum atomic E-state index is 12.1. The summed E-state index contributed by atoms with van der Waals surface area (Å²) in [5.41, 5.74) is 1.60. The van der Waals surface area contributed by atoms with Crippen molar-refractivity contribution in [1.82, 2.24) is 10.5 Å². The molecule has 0 aliphatic carbocycles. The Morgan fingerprint density at radius 2 is 1.96 bits per heavy atom. The number of carbonyl (C=O) groups is 2. The third kappa shape index (κ3) is 5.22. The number of carbonyl (C=O) groups excluding carboxylic acids is 2. The molecule has 0 spiro atoms. The maximum Gasteiger partial charge on any atom is 0.377 e. The van der Waals surface area contributed by atoms with Crippen LogP contribution in [-0.2, 0) is 9.53 Å². The molecule has 1 aromatic heterocycles. The van der Waals surface area contributed by atoms with Gasteiger partial charge in [-0.1, -0.05) is 49.3 Å². The van der Waals surface area contributed by atoms with Crippen LogP contribution in [0.15, 0.2) is 40.9 Å². The molecule has 0 saturated carbocycles. The smallest absolute Gasteiger partial charge is 0.377 e. The minimum Gasteiger partial charge on any atom is -0.450 e. The van der Waals surface area contributed by atoms with Crippen molar-refractivity contribution in [3.05, 3.63) is 53.4 Å². The molecule has 6 nitrogen and oxygen atoms in total. The average Bonchev–Trinajstić information content (AvgIpc) is 2.99. The number of aromatic nitrogens is 1. The van der Waals surface area contributed by atoms with Gasteiger partial charge in [0, 0.05) is 6.07 Å². The Kier molecular flexibility index (Phi) is 6.12. The van der Waals surface area contributed by atoms with Crippen LogP contribution in [0.5, 0.6) is 0 Å². The first-order valence-electron chi connectivity index (χ1n) is 7.90. The number of nitrogens with one attached hydrogen (secondary N) is 1. The molecule has 0 aliphatic rings. The van der Waals surface area contributed by atoms with Crippen molar-refractivity contribution in [2.24, 2.45) is 5.92 Å². The van der Waals surface area contributed by atoms with Crippen molar-refractivity contribution >= 4 is 11.9 Å². The first-order valence-corrected chi connectivity index (χ1v) is 7.90. The van der Waals surface area contributed by atoms with E-state index in [-0.39, 0.29) is 24.3 Å². The summed E-state index contributed by atoms with van der Waals surface area (Å²) >= 11 is 0. The lowest BCUT2D eigenvalue weighted by atomic mass is 9.97. The van der Waals surface area contributed by atoms with E-state index < -0.39 is 5.97 Å². The van der Waals surface area contributed by atoms with E-state index >= 15 is 0 Å². The number of hydrogen-bond acceptors (Lipinski definition) is 5. The van der Waals surface area contributed by atoms with Crippen molar-refractivity contribution in [2.75, 3.05) is 6.61 Å². The number of esters is 1. The highest BCUT2D eigenvalue weighted by Gasteiger charge is 2.19. The van der Waals surface area contributed by atoms with E-state index in [0.29, 0.717) is 11.6 Å². The Morgan fingerprint density at radius 1 is 1.25 bits per heavy atom. The van der Waals surface area contributed by atoms with Crippen LogP contribution in [0.4, 0.5) is 0 Å². The van der Waals surface area contributed by atoms with Crippen LogP contribution in [0, 0.1) is 12.8 Å². The van der Waals surface area contributed by atoms with Gasteiger partial charge in [-0.3, -0.25) is 4.79 Å². The van der Waals surface area contributed by atoms with Crippen LogP contribution >= 0.6 is 0 Å². The molecule has 0 unspecified atom stereocenters. The van der Waals surface area contributed by atoms with E-state index in [1.54, 1.807) is 6.92 Å². The normalized spacial score (nSPS) is 12.0. The monoisotopic (exact) mass is 330 g/mol. The summed E-state index contributed by atoms with van der Waals surface area (Å²) in [6.45, 7) is 5.52. The number of ether oxygens (including phenoxy) is 1. The summed E-state index contributed by atoms with van der Waals surface area (Å²) in [4.78, 5) is 23.9. The summed E-state index contributed by atoms with van der Waals surface area (Å²) in [6.07, 6.45) is 0.797. The van der Waals surface area contributed by atoms with Crippen molar-refractivity contribution < 1.29 is 18.8 Å². The van der Waals surface area contributed by atoms with Crippen molar-refractivity contribution in [2.45, 2.75) is 33.2 Å². The SMILES string of the molecule is Cc1cc(C(=O)OCC(=O)N[C@@H](CC(C)C)c2ccccc2)on1. The minimum atomic E-state index is -0.703. The molecule has 2 rings (SSSR count). The predicted octanol–water partition coefficient (Wildman–Crippen LogP) is 3.04. The summed E-state index contributed by atoms with van der Waals surface area (Å²) in [5, 5.41) is 6.52. The lowest BCUT2D eigenvalue weighted by Crippen LogP contribution is -2.33. The zero-order valence-electron chi connectivity index (χ0n) is 14.1. The predicted molar refractivity (Wildman–Crippen MR) is 88.3 cm³/mol. The van der Waals surface area contributed by atoms with Crippen LogP contribution in [0.3, 0.4) is 0 Å². The van der Waals surface area contributed by atoms with Crippen LogP contribution in [0.1, 0.15) is 48.1 Å². The molecule has 2 aromatic rings. The van der Waals surface area contributed by atoms with E-state index in [4.69, 9.17) is 9.26 Å². The standard InChI is InChI=1S/C18H22N2O4/c1-12(2)9-15(14-7-5-4-6-8-14)19-17(21)11-23-18(22)16-10-13(3)20-24-16/h4-8,10,12,15H,9,11H2,1-3H3,(H,19,21)/t15-/m0/s1. The Balaban J connectivity index is 1.91. The third-order valence-electron chi connectivity index (χ3n) is 3.41. The minimum absolute atomic E-state index is 0.0120. The molecule has 0 bridgehead atoms. The second-order valence-electron chi connectivity index (χ2n) is 6.07. The quantitative estimate of drug-likeness (QED) is 0.789. The fourth-order valence-corrected chi connectivity index (χ4v) is 2.33. The van der Waals surface area contributed by atoms with Gasteiger partial charge in [0.1, 0.15) is 0 Å². The van der Waals surface area contributed by atoms with Crippen LogP contribution in [0.25, 0.3) is 0 Å². The van der Waals surface area contributed by atoms with Crippen molar-refractivity contribution in [3.8, 4) is 0 Å². The van der Waals surface area contributed by atoms with Gasteiger partial charge in [0.25, 0.3) is 5.91 Å². The Labute approximate surface area is 141 Å². The van der Waals surface area contributed by atoms with E-state index in [9.17, 15) is 9.59 Å². The summed E-state index contributed by atoms with van der Waals surface area (Å²) in [7, 11) is 0. The highest BCUT2D eigenvalue weighted by Crippen LogP contribution is 2.20. The summed E-state index contributed by atoms with van der Waals surface area (Å²) < 4.78 is 9.77. The first-order chi connectivity index (χ1) is 11.5. The first kappa shape index (κ1) is 17.7. The lowest BCUT2D eigenvalue weighted by Gasteiger charge is -2.21. The van der Waals surface area contributed by atoms with E-state index in [0.717, 1.165) is 12.0 Å². The molecule has 24 heavy (non-hydrogen) atoms. The van der Waals surface area contributed by atoms with E-state index in [2.05, 4.69) is 24.3 Å². The fraction of sp³-hybridized carbons (Fsp3) is 0.389. The zero-order chi connectivity index (χ0) is 17.5. The van der Waals surface area contributed by atoms with E-state index in [1.165, 1.54) is 6.07 Å². The number of amides is 1. The maximum absolute atomic E-state index is 12.1. The molecule has 1 atom stereocenters. The zero-order valence-corrected chi connectivity index (χ0v) is 14.1. The van der Waals surface area contributed by atoms with Gasteiger partial charge in [-0.15, -0.1) is 0 Å². The van der Waals surface area contributed by atoms with Gasteiger partial charge in [-0.2, -0.15) is 0 Å². The molecule has 128 valence electrons. The number of benzene rings is 1. The number of nitrogens with zero attached hydrogens (tertiary/aromatic N) is 1. The third-order valence-corrected chi connectivity index (χ3v) is 3.41. The van der Waals surface area contributed by atoms with Gasteiger partial charge in [0.2, 0.25) is 5.76 Å². The summed E-state index contributed by atoms with van der Waals surface area (Å²) in [5.74, 6) is -0.655. The van der Waals surface area contributed by atoms with E-state index in [1.807, 2.05) is 30.3 Å². The number of aryl methyl sites for hydroxylation is 1. The molecule has 6 heteroatoms. The van der Waals surface area contributed by atoms with Gasteiger partial charge in [-0.05, 0) is 24.8 Å². The van der Waals surface area contributed by atoms with Gasteiger partial charge < -0.3 is 14.6 Å². The highest BCUT2D eigenvalue weighted by molar-refractivity contribution is 5.88. The molecule has 0 radical (unpaired) electrons. The molecular weight excluding hydrogens is 308 g/mol. The average molecular weight is 330 g/mol. The second kappa shape index (κ2) is 8.29. The Morgan fingerprint density at radius 3 is 2.54 bits per heavy atom. The lowest BCUT2D eigenvalue weighted by molar-refractivity contribution is -0.125. The molecule has 0 saturated heterocycles. The molecule has 1 aromatic carbocycles. The van der Waals surface area contributed by atoms with Crippen molar-refractivity contribution in [3.63, 3.8) is 0 Å². The van der Waals surface area contributed by atoms with Gasteiger partial charge in [0.15, 0.2) is 6.61 Å². The van der Waals surface area contributed by atoms with Crippen molar-refractivity contribution in [1.29, 1.82) is 0 Å². The van der Waals surface area contributed by atoms with Crippen LogP contribution < -0.4 is 5.32 Å². The van der Waals surface area contributed by atoms with Gasteiger partial charge in [-0.25, -0.2) is 4.79 Å². The molecular formula is C18H22N2O4. The number of hydrogen-bond donors (Lipinski definition) is 1. The fourth-order valence-electron chi connectivity index (χ4n) is 2.33. The topological polar surface area (TPSA) is 81.4 Å². The van der Waals surface area contributed by atoms with Crippen LogP contribution in [0.2, 0.25) is 0 Å². The highest BCUT2D eigenvalue weighted by atomic mass is 16.6. The molecule has 0 fully saturated rings. The Bertz CT molecular complexity index is 679. The van der Waals surface area contributed by atoms with Gasteiger partial charge in [0.05, 0.1) is 11.7 Å². The second-order valence-corrected chi connectivity index (χ2v) is 6.07. The van der Waals surface area contributed by atoms with Gasteiger partial charge >= 0.3 is 5.97 Å². The Hall–Kier alpha value is -2.63.